The van der Waals surface area contributed by atoms with E-state index in [1.807, 2.05) is 18.5 Å². The average molecular weight is 593 g/mol. The normalized spacial score (nSPS) is 11.6. The number of rotatable bonds is 4. The van der Waals surface area contributed by atoms with E-state index in [1.54, 1.807) is 11.3 Å². The molecule has 0 N–H and O–H groups in total. The molecule has 4 nitrogen and oxygen atoms in total. The minimum atomic E-state index is 0.647. The van der Waals surface area contributed by atoms with Gasteiger partial charge in [0.05, 0.1) is 4.70 Å². The van der Waals surface area contributed by atoms with Gasteiger partial charge in [0, 0.05) is 49.9 Å². The summed E-state index contributed by atoms with van der Waals surface area (Å²) in [6.07, 6.45) is 3.81. The zero-order valence-corrected chi connectivity index (χ0v) is 24.9. The molecule has 0 aliphatic carbocycles. The Balaban J connectivity index is 1.25. The fraction of sp³-hybridized carbons (Fsp3) is 0. The monoisotopic (exact) mass is 592 g/mol. The largest absolute Gasteiger partial charge is 0.263 e. The van der Waals surface area contributed by atoms with Crippen molar-refractivity contribution in [3.63, 3.8) is 0 Å². The van der Waals surface area contributed by atoms with E-state index in [2.05, 4.69) is 132 Å². The Morgan fingerprint density at radius 1 is 0.422 bits per heavy atom. The molecule has 0 amide bonds. The van der Waals surface area contributed by atoms with Gasteiger partial charge in [0.1, 0.15) is 0 Å². The van der Waals surface area contributed by atoms with Crippen molar-refractivity contribution in [3.8, 4) is 45.3 Å². The molecule has 6 aromatic carbocycles. The second-order valence-electron chi connectivity index (χ2n) is 11.1. The molecule has 0 unspecified atom stereocenters. The van der Waals surface area contributed by atoms with Crippen molar-refractivity contribution in [1.82, 2.24) is 19.9 Å². The van der Waals surface area contributed by atoms with Crippen LogP contribution >= 0.6 is 11.3 Å². The van der Waals surface area contributed by atoms with Crippen LogP contribution in [0.5, 0.6) is 0 Å². The van der Waals surface area contributed by atoms with Crippen molar-refractivity contribution in [1.29, 1.82) is 0 Å². The third kappa shape index (κ3) is 4.44. The number of hydrogen-bond acceptors (Lipinski definition) is 5. The summed E-state index contributed by atoms with van der Waals surface area (Å²) < 4.78 is 2.43. The van der Waals surface area contributed by atoms with Crippen LogP contribution in [0, 0.1) is 0 Å². The Labute approximate surface area is 263 Å². The highest BCUT2D eigenvalue weighted by Gasteiger charge is 2.17. The molecule has 0 aliphatic rings. The highest BCUT2D eigenvalue weighted by molar-refractivity contribution is 7.26. The summed E-state index contributed by atoms with van der Waals surface area (Å²) in [6, 6.07) is 46.6. The van der Waals surface area contributed by atoms with Gasteiger partial charge in [-0.1, -0.05) is 121 Å². The van der Waals surface area contributed by atoms with Gasteiger partial charge in [-0.05, 0) is 39.4 Å². The van der Waals surface area contributed by atoms with E-state index < -0.39 is 0 Å². The minimum Gasteiger partial charge on any atom is -0.263 e. The summed E-state index contributed by atoms with van der Waals surface area (Å²) in [5, 5.41) is 7.12. The maximum absolute atomic E-state index is 5.12. The topological polar surface area (TPSA) is 51.6 Å². The minimum absolute atomic E-state index is 0.647. The maximum Gasteiger partial charge on any atom is 0.164 e. The fourth-order valence-corrected chi connectivity index (χ4v) is 7.36. The highest BCUT2D eigenvalue weighted by Crippen LogP contribution is 2.40. The second kappa shape index (κ2) is 10.4. The molecular weight excluding hydrogens is 569 g/mol. The van der Waals surface area contributed by atoms with Gasteiger partial charge in [0.2, 0.25) is 0 Å². The van der Waals surface area contributed by atoms with Crippen molar-refractivity contribution in [2.24, 2.45) is 0 Å². The first-order valence-corrected chi connectivity index (χ1v) is 15.7. The van der Waals surface area contributed by atoms with Gasteiger partial charge >= 0.3 is 0 Å². The fourth-order valence-electron chi connectivity index (χ4n) is 6.17. The van der Waals surface area contributed by atoms with Crippen LogP contribution in [0.25, 0.3) is 87.0 Å². The first-order chi connectivity index (χ1) is 22.3. The van der Waals surface area contributed by atoms with E-state index in [0.717, 1.165) is 33.0 Å². The Hall–Kier alpha value is -5.78. The zero-order valence-electron chi connectivity index (χ0n) is 24.1. The Bertz CT molecular complexity index is 2540. The van der Waals surface area contributed by atoms with E-state index in [4.69, 9.17) is 15.0 Å². The molecule has 0 aliphatic heterocycles. The predicted molar refractivity (Wildman–Crippen MR) is 187 cm³/mol. The molecule has 3 heterocycles. The third-order valence-electron chi connectivity index (χ3n) is 8.43. The molecule has 0 saturated heterocycles. The lowest BCUT2D eigenvalue weighted by molar-refractivity contribution is 1.08. The van der Waals surface area contributed by atoms with Gasteiger partial charge in [-0.15, -0.1) is 11.3 Å². The number of thiophene rings is 1. The summed E-state index contributed by atoms with van der Waals surface area (Å²) in [5.41, 5.74) is 5.21. The van der Waals surface area contributed by atoms with Crippen LogP contribution in [0.1, 0.15) is 0 Å². The molecule has 0 atom stereocenters. The smallest absolute Gasteiger partial charge is 0.164 e. The van der Waals surface area contributed by atoms with Crippen LogP contribution in [0.4, 0.5) is 0 Å². The molecule has 0 saturated carbocycles. The summed E-state index contributed by atoms with van der Waals surface area (Å²) in [5.74, 6) is 1.95. The molecular formula is C40H24N4S. The lowest BCUT2D eigenvalue weighted by atomic mass is 10.0. The number of aromatic nitrogens is 4. The number of pyridine rings is 1. The highest BCUT2D eigenvalue weighted by atomic mass is 32.1. The molecule has 5 heteroatoms. The predicted octanol–water partition coefficient (Wildman–Crippen LogP) is 10.6. The summed E-state index contributed by atoms with van der Waals surface area (Å²) in [4.78, 5) is 19.6. The number of fused-ring (bicyclic) bond motifs is 6. The SMILES string of the molecule is c1ccc(-c2ccc(-c3nc(-c4ccc5ccccc5c4)nc(-c4cccc5c4ccc4c6ccncc6sc54)n3)cc2)cc1. The van der Waals surface area contributed by atoms with E-state index >= 15 is 0 Å². The first kappa shape index (κ1) is 25.7. The van der Waals surface area contributed by atoms with Gasteiger partial charge in [0.15, 0.2) is 17.5 Å². The maximum atomic E-state index is 5.12. The van der Waals surface area contributed by atoms with Crippen molar-refractivity contribution in [2.45, 2.75) is 0 Å². The van der Waals surface area contributed by atoms with Gasteiger partial charge in [-0.2, -0.15) is 0 Å². The number of nitrogens with zero attached hydrogens (tertiary/aromatic N) is 4. The molecule has 0 fully saturated rings. The van der Waals surface area contributed by atoms with Gasteiger partial charge in [0.25, 0.3) is 0 Å². The van der Waals surface area contributed by atoms with Crippen LogP contribution in [0.3, 0.4) is 0 Å². The van der Waals surface area contributed by atoms with Crippen LogP contribution in [-0.4, -0.2) is 19.9 Å². The summed E-state index contributed by atoms with van der Waals surface area (Å²) >= 11 is 1.78. The van der Waals surface area contributed by atoms with Crippen molar-refractivity contribution < 1.29 is 0 Å². The van der Waals surface area contributed by atoms with E-state index in [0.29, 0.717) is 17.5 Å². The van der Waals surface area contributed by atoms with Crippen LogP contribution in [-0.2, 0) is 0 Å². The Kier molecular flexibility index (Phi) is 5.96. The lowest BCUT2D eigenvalue weighted by Crippen LogP contribution is -2.00. The molecule has 3 aromatic heterocycles. The summed E-state index contributed by atoms with van der Waals surface area (Å²) in [6.45, 7) is 0. The van der Waals surface area contributed by atoms with Crippen molar-refractivity contribution >= 4 is 53.1 Å². The van der Waals surface area contributed by atoms with Crippen molar-refractivity contribution in [2.75, 3.05) is 0 Å². The molecule has 9 aromatic rings. The Morgan fingerprint density at radius 3 is 1.96 bits per heavy atom. The number of hydrogen-bond donors (Lipinski definition) is 0. The van der Waals surface area contributed by atoms with Crippen LogP contribution < -0.4 is 0 Å². The first-order valence-electron chi connectivity index (χ1n) is 14.9. The van der Waals surface area contributed by atoms with Gasteiger partial charge in [-0.3, -0.25) is 4.98 Å². The van der Waals surface area contributed by atoms with E-state index in [9.17, 15) is 0 Å². The quantitative estimate of drug-likeness (QED) is 0.204. The number of benzene rings is 6. The third-order valence-corrected chi connectivity index (χ3v) is 9.62. The average Bonchev–Trinajstić information content (AvgIpc) is 3.51. The molecule has 210 valence electrons. The molecule has 0 spiro atoms. The Morgan fingerprint density at radius 2 is 1.09 bits per heavy atom. The zero-order chi connectivity index (χ0) is 29.7. The molecule has 0 bridgehead atoms. The van der Waals surface area contributed by atoms with Crippen LogP contribution in [0.15, 0.2) is 146 Å². The summed E-state index contributed by atoms with van der Waals surface area (Å²) in [7, 11) is 0. The molecule has 45 heavy (non-hydrogen) atoms. The van der Waals surface area contributed by atoms with E-state index in [-0.39, 0.29) is 0 Å². The second-order valence-corrected chi connectivity index (χ2v) is 12.2. The lowest BCUT2D eigenvalue weighted by Gasteiger charge is -2.11. The standard InChI is InChI=1S/C40H24N4S/c1-2-7-25(8-3-1)27-13-16-28(17-14-27)38-42-39(30-18-15-26-9-4-5-10-29(26)23-30)44-40(43-38)35-12-6-11-33-31(35)19-20-34-32-21-22-41-24-36(32)45-37(33)34/h1-24H. The van der Waals surface area contributed by atoms with Gasteiger partial charge < -0.3 is 0 Å². The van der Waals surface area contributed by atoms with Crippen molar-refractivity contribution in [3.05, 3.63) is 146 Å². The van der Waals surface area contributed by atoms with E-state index in [1.165, 1.54) is 36.5 Å². The van der Waals surface area contributed by atoms with Gasteiger partial charge in [-0.25, -0.2) is 15.0 Å². The molecule has 0 radical (unpaired) electrons. The van der Waals surface area contributed by atoms with Crippen LogP contribution in [0.2, 0.25) is 0 Å². The molecule has 9 rings (SSSR count).